The Morgan fingerprint density at radius 3 is 2.47 bits per heavy atom. The van der Waals surface area contributed by atoms with E-state index in [1.54, 1.807) is 38.2 Å². The zero-order valence-electron chi connectivity index (χ0n) is 19.5. The van der Waals surface area contributed by atoms with Gasteiger partial charge in [-0.25, -0.2) is 4.79 Å². The number of halogens is 1. The fraction of sp³-hybridized carbons (Fsp3) is 0.269. The number of aliphatic hydroxyl groups excluding tert-OH is 1. The van der Waals surface area contributed by atoms with Gasteiger partial charge in [-0.1, -0.05) is 60.1 Å². The summed E-state index contributed by atoms with van der Waals surface area (Å²) >= 11 is 6.30. The third kappa shape index (κ3) is 5.92. The lowest BCUT2D eigenvalue weighted by atomic mass is 10.1. The summed E-state index contributed by atoms with van der Waals surface area (Å²) in [6.45, 7) is 3.49. The molecule has 1 aromatic heterocycles. The standard InChI is InChI=1S/C26H28ClN3O4/c1-18(14-15-20-10-5-4-6-11-20)24(34-22-13-8-7-12-21(22)27)28-23-19(2)25(32)30(16-9-17-31)26(33)29(23)3/h4-8,10-14,31H,9,15-17H2,1-3H3/b18-14-,28-24+. The van der Waals surface area contributed by atoms with E-state index >= 15 is 0 Å². The number of aliphatic imine (C=N–C) groups is 1. The summed E-state index contributed by atoms with van der Waals surface area (Å²) < 4.78 is 8.50. The molecule has 1 heterocycles. The minimum atomic E-state index is -0.509. The summed E-state index contributed by atoms with van der Waals surface area (Å²) in [4.78, 5) is 30.3. The van der Waals surface area contributed by atoms with Gasteiger partial charge >= 0.3 is 5.69 Å². The second-order valence-electron chi connectivity index (χ2n) is 7.85. The van der Waals surface area contributed by atoms with Crippen molar-refractivity contribution in [3.8, 4) is 5.75 Å². The number of hydrogen-bond donors (Lipinski definition) is 1. The van der Waals surface area contributed by atoms with Crippen molar-refractivity contribution >= 4 is 23.3 Å². The summed E-state index contributed by atoms with van der Waals surface area (Å²) in [6, 6.07) is 17.0. The first-order valence-corrected chi connectivity index (χ1v) is 11.3. The van der Waals surface area contributed by atoms with Crippen LogP contribution < -0.4 is 16.0 Å². The van der Waals surface area contributed by atoms with E-state index in [-0.39, 0.29) is 24.9 Å². The Labute approximate surface area is 203 Å². The van der Waals surface area contributed by atoms with Gasteiger partial charge < -0.3 is 9.84 Å². The quantitative estimate of drug-likeness (QED) is 0.386. The number of hydrogen-bond acceptors (Lipinski definition) is 5. The highest BCUT2D eigenvalue weighted by Crippen LogP contribution is 2.25. The van der Waals surface area contributed by atoms with Gasteiger partial charge in [0, 0.05) is 25.8 Å². The lowest BCUT2D eigenvalue weighted by Gasteiger charge is -2.15. The summed E-state index contributed by atoms with van der Waals surface area (Å²) in [7, 11) is 1.55. The molecule has 0 aliphatic rings. The van der Waals surface area contributed by atoms with Crippen LogP contribution in [-0.4, -0.2) is 26.7 Å². The zero-order valence-corrected chi connectivity index (χ0v) is 20.2. The average Bonchev–Trinajstić information content (AvgIpc) is 2.85. The number of allylic oxidation sites excluding steroid dienone is 1. The molecule has 1 N–H and O–H groups in total. The van der Waals surface area contributed by atoms with Crippen molar-refractivity contribution in [3.63, 3.8) is 0 Å². The van der Waals surface area contributed by atoms with Crippen LogP contribution in [0, 0.1) is 6.92 Å². The first-order chi connectivity index (χ1) is 16.3. The summed E-state index contributed by atoms with van der Waals surface area (Å²) in [5.74, 6) is 0.841. The molecule has 178 valence electrons. The highest BCUT2D eigenvalue weighted by molar-refractivity contribution is 6.32. The molecule has 0 saturated carbocycles. The van der Waals surface area contributed by atoms with E-state index < -0.39 is 11.2 Å². The van der Waals surface area contributed by atoms with Crippen molar-refractivity contribution in [1.82, 2.24) is 9.13 Å². The van der Waals surface area contributed by atoms with Crippen LogP contribution in [0.2, 0.25) is 5.02 Å². The minimum absolute atomic E-state index is 0.115. The second-order valence-corrected chi connectivity index (χ2v) is 8.26. The maximum absolute atomic E-state index is 12.9. The predicted molar refractivity (Wildman–Crippen MR) is 135 cm³/mol. The van der Waals surface area contributed by atoms with Crippen molar-refractivity contribution in [2.45, 2.75) is 33.2 Å². The fourth-order valence-corrected chi connectivity index (χ4v) is 3.56. The molecule has 0 radical (unpaired) electrons. The molecule has 0 bridgehead atoms. The van der Waals surface area contributed by atoms with E-state index in [1.165, 1.54) is 4.57 Å². The smallest absolute Gasteiger partial charge is 0.332 e. The monoisotopic (exact) mass is 481 g/mol. The molecule has 3 aromatic rings. The first-order valence-electron chi connectivity index (χ1n) is 11.0. The molecule has 0 spiro atoms. The number of benzene rings is 2. The number of para-hydroxylation sites is 1. The second kappa shape index (κ2) is 11.6. The largest absolute Gasteiger partial charge is 0.437 e. The van der Waals surface area contributed by atoms with Crippen LogP contribution in [0.4, 0.5) is 5.82 Å². The Morgan fingerprint density at radius 1 is 1.12 bits per heavy atom. The molecule has 2 aromatic carbocycles. The Kier molecular flexibility index (Phi) is 8.62. The molecule has 8 heteroatoms. The van der Waals surface area contributed by atoms with Crippen LogP contribution in [0.3, 0.4) is 0 Å². The lowest BCUT2D eigenvalue weighted by Crippen LogP contribution is -2.40. The minimum Gasteiger partial charge on any atom is -0.437 e. The molecule has 0 aliphatic carbocycles. The molecule has 0 atom stereocenters. The van der Waals surface area contributed by atoms with Gasteiger partial charge in [0.1, 0.15) is 11.6 Å². The summed E-state index contributed by atoms with van der Waals surface area (Å²) in [5.41, 5.74) is 1.19. The van der Waals surface area contributed by atoms with Gasteiger partial charge in [0.2, 0.25) is 5.90 Å². The van der Waals surface area contributed by atoms with Gasteiger partial charge in [-0.05, 0) is 44.4 Å². The Hall–Kier alpha value is -3.42. The van der Waals surface area contributed by atoms with Gasteiger partial charge in [0.15, 0.2) is 0 Å². The van der Waals surface area contributed by atoms with E-state index in [1.807, 2.05) is 43.3 Å². The molecule has 7 nitrogen and oxygen atoms in total. The van der Waals surface area contributed by atoms with Gasteiger partial charge in [-0.15, -0.1) is 0 Å². The fourth-order valence-electron chi connectivity index (χ4n) is 3.38. The van der Waals surface area contributed by atoms with Crippen LogP contribution in [-0.2, 0) is 20.0 Å². The van der Waals surface area contributed by atoms with Crippen molar-refractivity contribution in [3.05, 3.63) is 103 Å². The molecular formula is C26H28ClN3O4. The maximum atomic E-state index is 12.9. The molecular weight excluding hydrogens is 454 g/mol. The molecule has 0 fully saturated rings. The highest BCUT2D eigenvalue weighted by Gasteiger charge is 2.16. The number of ether oxygens (including phenoxy) is 1. The number of aromatic nitrogens is 2. The number of rotatable bonds is 8. The van der Waals surface area contributed by atoms with Crippen LogP contribution in [0.25, 0.3) is 0 Å². The number of nitrogens with zero attached hydrogens (tertiary/aromatic N) is 3. The average molecular weight is 482 g/mol. The summed E-state index contributed by atoms with van der Waals surface area (Å²) in [6.07, 6.45) is 2.93. The van der Waals surface area contributed by atoms with Gasteiger partial charge in [-0.3, -0.25) is 13.9 Å². The van der Waals surface area contributed by atoms with Crippen LogP contribution in [0.5, 0.6) is 5.75 Å². The molecule has 0 amide bonds. The first kappa shape index (κ1) is 25.2. The van der Waals surface area contributed by atoms with Crippen molar-refractivity contribution in [2.24, 2.45) is 12.0 Å². The van der Waals surface area contributed by atoms with Gasteiger partial charge in [-0.2, -0.15) is 4.99 Å². The van der Waals surface area contributed by atoms with E-state index in [0.717, 1.165) is 15.7 Å². The van der Waals surface area contributed by atoms with E-state index in [0.29, 0.717) is 29.2 Å². The molecule has 0 unspecified atom stereocenters. The lowest BCUT2D eigenvalue weighted by molar-refractivity contribution is 0.277. The molecule has 34 heavy (non-hydrogen) atoms. The van der Waals surface area contributed by atoms with Crippen molar-refractivity contribution < 1.29 is 9.84 Å². The molecule has 0 saturated heterocycles. The van der Waals surface area contributed by atoms with Crippen molar-refractivity contribution in [2.75, 3.05) is 6.61 Å². The van der Waals surface area contributed by atoms with E-state index in [2.05, 4.69) is 4.99 Å². The number of aliphatic hydroxyl groups is 1. The van der Waals surface area contributed by atoms with Crippen LogP contribution in [0.15, 0.2) is 80.8 Å². The maximum Gasteiger partial charge on any atom is 0.332 e. The third-order valence-corrected chi connectivity index (χ3v) is 5.66. The normalized spacial score (nSPS) is 12.1. The Bertz CT molecular complexity index is 1290. The van der Waals surface area contributed by atoms with Crippen LogP contribution >= 0.6 is 11.6 Å². The van der Waals surface area contributed by atoms with Gasteiger partial charge in [0.25, 0.3) is 5.56 Å². The van der Waals surface area contributed by atoms with Crippen LogP contribution in [0.1, 0.15) is 24.5 Å². The Balaban J connectivity index is 2.10. The Morgan fingerprint density at radius 2 is 1.79 bits per heavy atom. The van der Waals surface area contributed by atoms with E-state index in [4.69, 9.17) is 21.4 Å². The van der Waals surface area contributed by atoms with E-state index in [9.17, 15) is 9.59 Å². The molecule has 3 rings (SSSR count). The topological polar surface area (TPSA) is 85.8 Å². The van der Waals surface area contributed by atoms with Crippen molar-refractivity contribution in [1.29, 1.82) is 0 Å². The zero-order chi connectivity index (χ0) is 24.7. The highest BCUT2D eigenvalue weighted by atomic mass is 35.5. The summed E-state index contributed by atoms with van der Waals surface area (Å²) in [5, 5.41) is 9.51. The predicted octanol–water partition coefficient (Wildman–Crippen LogP) is 4.19. The third-order valence-electron chi connectivity index (χ3n) is 5.35. The molecule has 0 aliphatic heterocycles. The van der Waals surface area contributed by atoms with Gasteiger partial charge in [0.05, 0.1) is 10.6 Å². The SMILES string of the molecule is CC(=C/Cc1ccccc1)/C(=N\c1c(C)c(=O)n(CCCO)c(=O)n1C)Oc1ccccc1Cl.